The second-order valence-corrected chi connectivity index (χ2v) is 5.69. The summed E-state index contributed by atoms with van der Waals surface area (Å²) >= 11 is 0. The van der Waals surface area contributed by atoms with Crippen LogP contribution in [0.3, 0.4) is 0 Å². The minimum Gasteiger partial charge on any atom is -0.465 e. The lowest BCUT2D eigenvalue weighted by atomic mass is 9.94. The van der Waals surface area contributed by atoms with Gasteiger partial charge in [0.2, 0.25) is 0 Å². The summed E-state index contributed by atoms with van der Waals surface area (Å²) in [5.74, 6) is -0.00542. The van der Waals surface area contributed by atoms with Gasteiger partial charge in [0.25, 0.3) is 0 Å². The molecule has 0 spiro atoms. The van der Waals surface area contributed by atoms with Gasteiger partial charge in [-0.3, -0.25) is 0 Å². The number of nitrogens with zero attached hydrogens (tertiary/aromatic N) is 1. The van der Waals surface area contributed by atoms with Crippen molar-refractivity contribution in [3.05, 3.63) is 0 Å². The topological polar surface area (TPSA) is 64.8 Å². The Hall–Kier alpha value is -0.650. The van der Waals surface area contributed by atoms with Crippen molar-refractivity contribution in [1.29, 1.82) is 0 Å². The summed E-state index contributed by atoms with van der Waals surface area (Å²) in [6, 6.07) is 0. The molecule has 5 nitrogen and oxygen atoms in total. The molecule has 1 aliphatic carbocycles. The molecule has 1 unspecified atom stereocenters. The van der Waals surface area contributed by atoms with E-state index >= 15 is 0 Å². The van der Waals surface area contributed by atoms with E-state index in [0.29, 0.717) is 19.8 Å². The van der Waals surface area contributed by atoms with E-state index in [2.05, 4.69) is 4.90 Å². The molecule has 19 heavy (non-hydrogen) atoms. The molecule has 0 aliphatic heterocycles. The van der Waals surface area contributed by atoms with E-state index in [1.54, 1.807) is 0 Å². The first-order valence-electron chi connectivity index (χ1n) is 7.16. The highest BCUT2D eigenvalue weighted by atomic mass is 16.5. The normalized spacial score (nSPS) is 18.7. The molecule has 0 radical (unpaired) electrons. The number of esters is 1. The highest BCUT2D eigenvalue weighted by Crippen LogP contribution is 2.39. The van der Waals surface area contributed by atoms with E-state index in [0.717, 1.165) is 19.4 Å². The third-order valence-corrected chi connectivity index (χ3v) is 3.42. The quantitative estimate of drug-likeness (QED) is 0.635. The molecule has 0 aromatic carbocycles. The van der Waals surface area contributed by atoms with E-state index in [-0.39, 0.29) is 18.0 Å². The van der Waals surface area contributed by atoms with Crippen LogP contribution in [0.2, 0.25) is 0 Å². The number of rotatable bonds is 9. The number of ether oxygens (including phenoxy) is 2. The molecule has 112 valence electrons. The number of hydrogen-bond donors (Lipinski definition) is 1. The van der Waals surface area contributed by atoms with Crippen molar-refractivity contribution < 1.29 is 14.3 Å². The summed E-state index contributed by atoms with van der Waals surface area (Å²) in [6.07, 6.45) is 2.27. The summed E-state index contributed by atoms with van der Waals surface area (Å²) in [6.45, 7) is 8.15. The Labute approximate surface area is 116 Å². The van der Waals surface area contributed by atoms with Crippen molar-refractivity contribution in [3.63, 3.8) is 0 Å². The van der Waals surface area contributed by atoms with Crippen molar-refractivity contribution in [1.82, 2.24) is 4.90 Å². The summed E-state index contributed by atoms with van der Waals surface area (Å²) < 4.78 is 10.6. The van der Waals surface area contributed by atoms with Gasteiger partial charge in [-0.15, -0.1) is 0 Å². The highest BCUT2D eigenvalue weighted by molar-refractivity contribution is 5.82. The van der Waals surface area contributed by atoms with E-state index in [1.165, 1.54) is 0 Å². The van der Waals surface area contributed by atoms with Crippen LogP contribution >= 0.6 is 0 Å². The second kappa shape index (κ2) is 7.22. The van der Waals surface area contributed by atoms with Gasteiger partial charge >= 0.3 is 5.97 Å². The fraction of sp³-hybridized carbons (Fsp3) is 0.929. The predicted molar refractivity (Wildman–Crippen MR) is 74.9 cm³/mol. The van der Waals surface area contributed by atoms with Crippen LogP contribution in [0, 0.1) is 5.92 Å². The molecular formula is C14H28N2O3. The first-order chi connectivity index (χ1) is 8.90. The van der Waals surface area contributed by atoms with Crippen molar-refractivity contribution in [2.75, 3.05) is 33.4 Å². The van der Waals surface area contributed by atoms with Crippen LogP contribution in [0.25, 0.3) is 0 Å². The molecule has 0 aromatic rings. The molecule has 0 amide bonds. The summed E-state index contributed by atoms with van der Waals surface area (Å²) in [7, 11) is 1.97. The van der Waals surface area contributed by atoms with Gasteiger partial charge in [-0.2, -0.15) is 0 Å². The number of hydrogen-bond acceptors (Lipinski definition) is 5. The number of carbonyl (C=O) groups is 1. The molecule has 1 aliphatic rings. The smallest absolute Gasteiger partial charge is 0.327 e. The average molecular weight is 272 g/mol. The Kier molecular flexibility index (Phi) is 6.23. The molecule has 2 N–H and O–H groups in total. The highest BCUT2D eigenvalue weighted by Gasteiger charge is 2.49. The van der Waals surface area contributed by atoms with E-state index < -0.39 is 5.54 Å². The van der Waals surface area contributed by atoms with Crippen LogP contribution in [0.1, 0.15) is 33.6 Å². The summed E-state index contributed by atoms with van der Waals surface area (Å²) in [5, 5.41) is 0. The van der Waals surface area contributed by atoms with Crippen molar-refractivity contribution in [2.24, 2.45) is 11.7 Å². The fourth-order valence-electron chi connectivity index (χ4n) is 2.19. The van der Waals surface area contributed by atoms with E-state index in [1.807, 2.05) is 27.8 Å². The van der Waals surface area contributed by atoms with Crippen LogP contribution in [-0.2, 0) is 14.3 Å². The Bertz CT molecular complexity index is 292. The Morgan fingerprint density at radius 3 is 2.58 bits per heavy atom. The molecule has 1 fully saturated rings. The maximum absolute atomic E-state index is 12.1. The standard InChI is InChI=1S/C14H28N2O3/c1-5-18-13(17)14(15,12-6-7-12)10-16(4)8-9-19-11(2)3/h11-12H,5-10,15H2,1-4H3. The van der Waals surface area contributed by atoms with E-state index in [4.69, 9.17) is 15.2 Å². The Balaban J connectivity index is 2.46. The molecule has 5 heteroatoms. The summed E-state index contributed by atoms with van der Waals surface area (Å²) in [5.41, 5.74) is 5.45. The van der Waals surface area contributed by atoms with Crippen LogP contribution in [-0.4, -0.2) is 55.9 Å². The lowest BCUT2D eigenvalue weighted by Gasteiger charge is -2.31. The second-order valence-electron chi connectivity index (χ2n) is 5.69. The van der Waals surface area contributed by atoms with Gasteiger partial charge in [-0.05, 0) is 46.6 Å². The minimum absolute atomic E-state index is 0.226. The van der Waals surface area contributed by atoms with E-state index in [9.17, 15) is 4.79 Å². The Morgan fingerprint density at radius 2 is 2.11 bits per heavy atom. The van der Waals surface area contributed by atoms with Gasteiger partial charge in [-0.25, -0.2) is 4.79 Å². The van der Waals surface area contributed by atoms with Gasteiger partial charge in [0, 0.05) is 13.1 Å². The van der Waals surface area contributed by atoms with Crippen LogP contribution in [0.4, 0.5) is 0 Å². The Morgan fingerprint density at radius 1 is 1.47 bits per heavy atom. The molecule has 1 atom stereocenters. The van der Waals surface area contributed by atoms with Crippen LogP contribution in [0.15, 0.2) is 0 Å². The maximum atomic E-state index is 12.1. The zero-order valence-corrected chi connectivity index (χ0v) is 12.6. The van der Waals surface area contributed by atoms with Crippen LogP contribution in [0.5, 0.6) is 0 Å². The molecule has 0 heterocycles. The van der Waals surface area contributed by atoms with Crippen molar-refractivity contribution in [2.45, 2.75) is 45.3 Å². The third-order valence-electron chi connectivity index (χ3n) is 3.42. The number of carbonyl (C=O) groups excluding carboxylic acids is 1. The summed E-state index contributed by atoms with van der Waals surface area (Å²) in [4.78, 5) is 14.1. The fourth-order valence-corrected chi connectivity index (χ4v) is 2.19. The van der Waals surface area contributed by atoms with Crippen molar-refractivity contribution >= 4 is 5.97 Å². The zero-order valence-electron chi connectivity index (χ0n) is 12.6. The van der Waals surface area contributed by atoms with Gasteiger partial charge in [0.1, 0.15) is 5.54 Å². The molecule has 1 rings (SSSR count). The molecular weight excluding hydrogens is 244 g/mol. The van der Waals surface area contributed by atoms with Gasteiger partial charge in [-0.1, -0.05) is 0 Å². The SMILES string of the molecule is CCOC(=O)C(N)(CN(C)CCOC(C)C)C1CC1. The largest absolute Gasteiger partial charge is 0.465 e. The van der Waals surface area contributed by atoms with Gasteiger partial charge < -0.3 is 20.1 Å². The predicted octanol–water partition coefficient (Wildman–Crippen LogP) is 1.01. The number of likely N-dealkylation sites (N-methyl/N-ethyl adjacent to an activating group) is 1. The van der Waals surface area contributed by atoms with Gasteiger partial charge in [0.15, 0.2) is 0 Å². The first-order valence-corrected chi connectivity index (χ1v) is 7.16. The first kappa shape index (κ1) is 16.4. The number of nitrogens with two attached hydrogens (primary N) is 1. The lowest BCUT2D eigenvalue weighted by molar-refractivity contribution is -0.151. The molecule has 1 saturated carbocycles. The lowest BCUT2D eigenvalue weighted by Crippen LogP contribution is -2.58. The molecule has 0 bridgehead atoms. The van der Waals surface area contributed by atoms with Gasteiger partial charge in [0.05, 0.1) is 19.3 Å². The van der Waals surface area contributed by atoms with Crippen LogP contribution < -0.4 is 5.73 Å². The van der Waals surface area contributed by atoms with Crippen molar-refractivity contribution in [3.8, 4) is 0 Å². The average Bonchev–Trinajstić information content (AvgIpc) is 3.12. The molecule has 0 saturated heterocycles. The monoisotopic (exact) mass is 272 g/mol. The maximum Gasteiger partial charge on any atom is 0.327 e. The molecule has 0 aromatic heterocycles. The minimum atomic E-state index is -0.859. The third kappa shape index (κ3) is 5.09. The zero-order chi connectivity index (χ0) is 14.5.